The summed E-state index contributed by atoms with van der Waals surface area (Å²) in [4.78, 5) is 4.22. The Balaban J connectivity index is 0.000000228. The molecule has 1 aliphatic heterocycles. The minimum atomic E-state index is 0. The van der Waals surface area contributed by atoms with Crippen molar-refractivity contribution in [1.82, 2.24) is 14.1 Å². The van der Waals surface area contributed by atoms with Gasteiger partial charge in [0, 0.05) is 61.9 Å². The molecule has 0 saturated heterocycles. The zero-order valence-corrected chi connectivity index (χ0v) is 26.6. The third kappa shape index (κ3) is 5.65. The monoisotopic (exact) mass is 727 g/mol. The first-order valence-electron chi connectivity index (χ1n) is 14.4. The van der Waals surface area contributed by atoms with Crippen LogP contribution >= 0.6 is 0 Å². The van der Waals surface area contributed by atoms with Gasteiger partial charge in [0.25, 0.3) is 11.4 Å². The van der Waals surface area contributed by atoms with Crippen molar-refractivity contribution in [3.05, 3.63) is 121 Å². The summed E-state index contributed by atoms with van der Waals surface area (Å²) in [5.41, 5.74) is 7.97. The summed E-state index contributed by atoms with van der Waals surface area (Å²) in [6.07, 6.45) is 4.11. The minimum absolute atomic E-state index is 0. The van der Waals surface area contributed by atoms with Gasteiger partial charge < -0.3 is 9.55 Å². The summed E-state index contributed by atoms with van der Waals surface area (Å²) in [6, 6.07) is 45.9. The Morgan fingerprint density at radius 1 is 0.810 bits per heavy atom. The molecule has 3 heterocycles. The van der Waals surface area contributed by atoms with Crippen LogP contribution in [0.5, 0.6) is 0 Å². The van der Waals surface area contributed by atoms with Crippen LogP contribution in [-0.4, -0.2) is 26.7 Å². The summed E-state index contributed by atoms with van der Waals surface area (Å²) >= 11 is 0. The molecule has 1 aliphatic rings. The number of hydrogen-bond donors (Lipinski definition) is 0. The van der Waals surface area contributed by atoms with Crippen LogP contribution in [-0.2, 0) is 20.1 Å². The van der Waals surface area contributed by atoms with Crippen LogP contribution in [0.2, 0.25) is 0 Å². The first kappa shape index (κ1) is 29.4. The van der Waals surface area contributed by atoms with Gasteiger partial charge in [-0.2, -0.15) is 12.1 Å². The molecule has 5 heteroatoms. The molecule has 0 saturated carbocycles. The van der Waals surface area contributed by atoms with Crippen LogP contribution in [0.25, 0.3) is 33.1 Å². The van der Waals surface area contributed by atoms with Crippen molar-refractivity contribution in [2.45, 2.75) is 39.7 Å². The molecule has 0 fully saturated rings. The number of fused-ring (bicyclic) bond motifs is 4. The largest absolute Gasteiger partial charge is 0.494 e. The van der Waals surface area contributed by atoms with E-state index in [1.165, 1.54) is 39.6 Å². The maximum atomic E-state index is 4.22. The van der Waals surface area contributed by atoms with Gasteiger partial charge in [0.15, 0.2) is 6.54 Å². The van der Waals surface area contributed by atoms with Crippen molar-refractivity contribution in [3.8, 4) is 11.3 Å². The van der Waals surface area contributed by atoms with Crippen LogP contribution in [0.15, 0.2) is 109 Å². The van der Waals surface area contributed by atoms with Gasteiger partial charge in [0.2, 0.25) is 0 Å². The maximum Gasteiger partial charge on any atom is 0.494 e. The van der Waals surface area contributed by atoms with Gasteiger partial charge in [-0.15, -0.1) is 42.0 Å². The van der Waals surface area contributed by atoms with E-state index in [4.69, 9.17) is 0 Å². The van der Waals surface area contributed by atoms with Gasteiger partial charge in [-0.3, -0.25) is 0 Å². The van der Waals surface area contributed by atoms with E-state index in [2.05, 4.69) is 112 Å². The third-order valence-electron chi connectivity index (χ3n) is 7.40. The summed E-state index contributed by atoms with van der Waals surface area (Å²) in [5.74, 6) is 0. The SMILES string of the molecule is CCCC[N+]1=C=[N+](c2[c-]ccc3c4ccccc4n(C(C)C)c23)c2ccccc21.[Ir].[c-]1ccccc1-c1ccccn1. The maximum absolute atomic E-state index is 4.22. The second kappa shape index (κ2) is 13.2. The zero-order valence-electron chi connectivity index (χ0n) is 24.2. The molecular weight excluding hydrogens is 693 g/mol. The normalized spacial score (nSPS) is 11.9. The predicted molar refractivity (Wildman–Crippen MR) is 170 cm³/mol. The first-order valence-corrected chi connectivity index (χ1v) is 14.4. The molecule has 42 heavy (non-hydrogen) atoms. The molecule has 0 bridgehead atoms. The number of para-hydroxylation sites is 3. The van der Waals surface area contributed by atoms with E-state index in [9.17, 15) is 0 Å². The van der Waals surface area contributed by atoms with Gasteiger partial charge >= 0.3 is 6.01 Å². The fraction of sp³-hybridized carbons (Fsp3) is 0.189. The van der Waals surface area contributed by atoms with Crippen LogP contribution < -0.4 is 4.58 Å². The van der Waals surface area contributed by atoms with Crippen molar-refractivity contribution in [2.24, 2.45) is 0 Å². The Hall–Kier alpha value is -4.14. The summed E-state index contributed by atoms with van der Waals surface area (Å²) in [5, 5.41) is 2.57. The summed E-state index contributed by atoms with van der Waals surface area (Å²) in [7, 11) is 0. The fourth-order valence-electron chi connectivity index (χ4n) is 5.52. The Morgan fingerprint density at radius 2 is 1.57 bits per heavy atom. The van der Waals surface area contributed by atoms with Crippen LogP contribution in [0.4, 0.5) is 17.1 Å². The van der Waals surface area contributed by atoms with Gasteiger partial charge in [-0.1, -0.05) is 70.3 Å². The third-order valence-corrected chi connectivity index (χ3v) is 7.40. The quantitative estimate of drug-likeness (QED) is 0.124. The van der Waals surface area contributed by atoms with E-state index in [0.717, 1.165) is 29.9 Å². The number of nitrogens with zero attached hydrogens (tertiary/aromatic N) is 4. The number of unbranched alkanes of at least 4 members (excludes halogenated alkanes) is 1. The topological polar surface area (TPSA) is 23.8 Å². The van der Waals surface area contributed by atoms with Crippen LogP contribution in [0.1, 0.15) is 39.7 Å². The van der Waals surface area contributed by atoms with E-state index < -0.39 is 0 Å². The first-order chi connectivity index (χ1) is 20.2. The average molecular weight is 727 g/mol. The molecule has 6 aromatic rings. The van der Waals surface area contributed by atoms with Crippen molar-refractivity contribution in [3.63, 3.8) is 0 Å². The molecule has 0 aliphatic carbocycles. The van der Waals surface area contributed by atoms with E-state index in [-0.39, 0.29) is 20.1 Å². The van der Waals surface area contributed by atoms with Crippen LogP contribution in [0.3, 0.4) is 0 Å². The van der Waals surface area contributed by atoms with Gasteiger partial charge in [0.05, 0.1) is 0 Å². The molecule has 1 radical (unpaired) electrons. The molecule has 0 atom stereocenters. The molecule has 211 valence electrons. The Morgan fingerprint density at radius 3 is 2.31 bits per heavy atom. The Kier molecular flexibility index (Phi) is 9.25. The van der Waals surface area contributed by atoms with E-state index in [1.54, 1.807) is 6.20 Å². The van der Waals surface area contributed by atoms with Gasteiger partial charge in [-0.05, 0) is 37.1 Å². The molecule has 7 rings (SSSR count). The van der Waals surface area contributed by atoms with Crippen molar-refractivity contribution in [2.75, 3.05) is 6.54 Å². The molecule has 2 aromatic heterocycles. The second-order valence-corrected chi connectivity index (χ2v) is 10.5. The number of pyridine rings is 1. The molecule has 0 unspecified atom stereocenters. The number of hydrogen-bond acceptors (Lipinski definition) is 1. The summed E-state index contributed by atoms with van der Waals surface area (Å²) < 4.78 is 6.90. The standard InChI is InChI=1S/C26H26N3.C11H8N.Ir/c1-4-5-17-27-18-28(24-15-9-8-14-23(24)27)25-16-10-12-21-20-11-6-7-13-22(20)29(19(2)3)26(21)25;1-2-6-10(7-3-1)11-8-4-5-9-12-11;/h6-15,19H,4-5,17H2,1-3H3;1-6,8-9H;/q+1;-1;. The van der Waals surface area contributed by atoms with E-state index >= 15 is 0 Å². The predicted octanol–water partition coefficient (Wildman–Crippen LogP) is 9.19. The number of benzene rings is 4. The number of aromatic nitrogens is 2. The smallest absolute Gasteiger partial charge is 0.386 e. The molecule has 4 nitrogen and oxygen atoms in total. The molecule has 4 aromatic carbocycles. The molecular formula is C37H34IrN4. The van der Waals surface area contributed by atoms with Crippen molar-refractivity contribution < 1.29 is 24.7 Å². The number of rotatable bonds is 6. The Bertz CT molecular complexity index is 1840. The second-order valence-electron chi connectivity index (χ2n) is 10.5. The van der Waals surface area contributed by atoms with Crippen LogP contribution in [0, 0.1) is 12.1 Å². The van der Waals surface area contributed by atoms with E-state index in [1.807, 2.05) is 48.5 Å². The van der Waals surface area contributed by atoms with E-state index in [0.29, 0.717) is 6.04 Å². The minimum Gasteiger partial charge on any atom is -0.386 e. The zero-order chi connectivity index (χ0) is 28.2. The Labute approximate surface area is 261 Å². The molecule has 0 amide bonds. The average Bonchev–Trinajstić information content (AvgIpc) is 3.57. The molecule has 0 spiro atoms. The molecule has 0 N–H and O–H groups in total. The summed E-state index contributed by atoms with van der Waals surface area (Å²) in [6.45, 7) is 7.71. The van der Waals surface area contributed by atoms with Crippen molar-refractivity contribution in [1.29, 1.82) is 0 Å². The van der Waals surface area contributed by atoms with Crippen molar-refractivity contribution >= 4 is 44.9 Å². The fourth-order valence-corrected chi connectivity index (χ4v) is 5.52. The van der Waals surface area contributed by atoms with Gasteiger partial charge in [-0.25, -0.2) is 0 Å². The van der Waals surface area contributed by atoms with Gasteiger partial charge in [0.1, 0.15) is 5.69 Å².